The molecule has 0 aromatic carbocycles. The van der Waals surface area contributed by atoms with E-state index in [4.69, 9.17) is 40.8 Å². The van der Waals surface area contributed by atoms with Crippen LogP contribution in [0.2, 0.25) is 0 Å². The molecule has 1 unspecified atom stereocenters. The third-order valence-electron chi connectivity index (χ3n) is 5.67. The van der Waals surface area contributed by atoms with Crippen molar-refractivity contribution in [3.63, 3.8) is 0 Å². The third kappa shape index (κ3) is 11.5. The van der Waals surface area contributed by atoms with Crippen LogP contribution in [-0.2, 0) is 42.9 Å². The van der Waals surface area contributed by atoms with Crippen LogP contribution in [-0.4, -0.2) is 63.5 Å². The van der Waals surface area contributed by atoms with Crippen LogP contribution in [0, 0.1) is 40.1 Å². The molecule has 0 saturated heterocycles. The van der Waals surface area contributed by atoms with E-state index >= 15 is 0 Å². The van der Waals surface area contributed by atoms with Crippen LogP contribution in [0.3, 0.4) is 0 Å². The fourth-order valence-corrected chi connectivity index (χ4v) is 2.68. The number of hydrogen-bond acceptors (Lipinski definition) is 11. The highest BCUT2D eigenvalue weighted by Gasteiger charge is 2.37. The maximum Gasteiger partial charge on any atom is 0.348 e. The van der Waals surface area contributed by atoms with Crippen LogP contribution in [0.15, 0.2) is 49.2 Å². The van der Waals surface area contributed by atoms with Crippen molar-refractivity contribution in [3.05, 3.63) is 60.7 Å². The topological polar surface area (TPSA) is 166 Å². The van der Waals surface area contributed by atoms with Crippen LogP contribution in [0.4, 0.5) is 0 Å². The minimum atomic E-state index is -1.14. The summed E-state index contributed by atoms with van der Waals surface area (Å²) in [6, 6.07) is 3.16. The van der Waals surface area contributed by atoms with Gasteiger partial charge < -0.3 is 23.7 Å². The monoisotopic (exact) mass is 541 g/mol. The lowest BCUT2D eigenvalue weighted by Gasteiger charge is -2.35. The van der Waals surface area contributed by atoms with Crippen LogP contribution in [0.25, 0.3) is 4.85 Å². The molecule has 0 bridgehead atoms. The van der Waals surface area contributed by atoms with Crippen molar-refractivity contribution in [2.24, 2.45) is 10.8 Å². The molecule has 0 aliphatic carbocycles. The summed E-state index contributed by atoms with van der Waals surface area (Å²) in [4.78, 5) is 50.7. The summed E-state index contributed by atoms with van der Waals surface area (Å²) in [5.74, 6) is -3.62. The molecule has 0 fully saturated rings. The summed E-state index contributed by atoms with van der Waals surface area (Å²) in [6.07, 6.45) is 1.50. The van der Waals surface area contributed by atoms with Gasteiger partial charge in [-0.15, -0.1) is 0 Å². The van der Waals surface area contributed by atoms with Crippen LogP contribution >= 0.6 is 0 Å². The maximum atomic E-state index is 12.0. The number of hydrogen-bond donors (Lipinski definition) is 0. The highest BCUT2D eigenvalue weighted by Crippen LogP contribution is 2.29. The lowest BCUT2D eigenvalue weighted by molar-refractivity contribution is -0.158. The highest BCUT2D eigenvalue weighted by atomic mass is 16.6. The average molecular weight is 542 g/mol. The molecule has 12 heteroatoms. The van der Waals surface area contributed by atoms with Crippen molar-refractivity contribution in [3.8, 4) is 12.1 Å². The minimum absolute atomic E-state index is 0.148. The summed E-state index contributed by atoms with van der Waals surface area (Å²) in [6.45, 7) is 22.0. The van der Waals surface area contributed by atoms with Crippen LogP contribution in [0.1, 0.15) is 26.7 Å². The van der Waals surface area contributed by atoms with Gasteiger partial charge in [0.2, 0.25) is 0 Å². The number of nitriles is 2. The van der Waals surface area contributed by atoms with E-state index in [1.165, 1.54) is 0 Å². The lowest BCUT2D eigenvalue weighted by atomic mass is 9.86. The summed E-state index contributed by atoms with van der Waals surface area (Å²) in [5, 5.41) is 17.8. The van der Waals surface area contributed by atoms with Crippen molar-refractivity contribution in [1.82, 2.24) is 0 Å². The second-order valence-corrected chi connectivity index (χ2v) is 8.48. The normalized spacial score (nSPS) is 11.7. The molecule has 0 amide bonds. The fraction of sp³-hybridized carbons (Fsp3) is 0.444. The van der Waals surface area contributed by atoms with Gasteiger partial charge in [-0.25, -0.2) is 19.2 Å². The molecule has 0 radical (unpaired) electrons. The Bertz CT molecular complexity index is 1080. The molecule has 0 spiro atoms. The molecule has 208 valence electrons. The lowest BCUT2D eigenvalue weighted by Crippen LogP contribution is -2.42. The van der Waals surface area contributed by atoms with Crippen molar-refractivity contribution in [2.45, 2.75) is 26.7 Å². The number of rotatable bonds is 18. The van der Waals surface area contributed by atoms with E-state index in [0.29, 0.717) is 6.42 Å². The van der Waals surface area contributed by atoms with Crippen molar-refractivity contribution < 1.29 is 42.9 Å². The Hall–Kier alpha value is -4.73. The number of esters is 4. The SMILES string of the molecule is [C-]#[N+]C(=C)C(=O)OCC(CC)(COCC(CC)(COC(=O)C(=C)C#N)COC(=O)C(=C)C#N)COC(=O)C=C. The first-order valence-electron chi connectivity index (χ1n) is 11.5. The van der Waals surface area contributed by atoms with E-state index in [2.05, 4.69) is 31.2 Å². The maximum absolute atomic E-state index is 12.0. The van der Waals surface area contributed by atoms with E-state index in [0.717, 1.165) is 6.08 Å². The smallest absolute Gasteiger partial charge is 0.348 e. The molecule has 0 saturated carbocycles. The van der Waals surface area contributed by atoms with E-state index < -0.39 is 51.6 Å². The van der Waals surface area contributed by atoms with Gasteiger partial charge in [0.05, 0.1) is 30.6 Å². The Labute approximate surface area is 227 Å². The zero-order valence-corrected chi connectivity index (χ0v) is 22.1. The molecule has 0 N–H and O–H groups in total. The number of ether oxygens (including phenoxy) is 5. The second kappa shape index (κ2) is 16.9. The van der Waals surface area contributed by atoms with Gasteiger partial charge in [0.25, 0.3) is 5.70 Å². The Morgan fingerprint density at radius 3 is 1.49 bits per heavy atom. The standard InChI is InChI=1S/C27H31N3O9/c1-8-22(31)36-15-26(9-2,18-39-25(34)21(6)30-7)13-35-14-27(10-3,16-37-23(32)19(4)11-28)17-38-24(33)20(5)12-29/h8H,1,4-6,9-10,13-18H2,2-3H3. The summed E-state index contributed by atoms with van der Waals surface area (Å²) in [5.41, 5.74) is -3.51. The molecule has 0 aliphatic rings. The zero-order chi connectivity index (χ0) is 30.1. The fourth-order valence-electron chi connectivity index (χ4n) is 2.68. The molecule has 1 atom stereocenters. The van der Waals surface area contributed by atoms with Crippen LogP contribution < -0.4 is 0 Å². The molecule has 0 heterocycles. The number of nitrogens with zero attached hydrogens (tertiary/aromatic N) is 3. The van der Waals surface area contributed by atoms with Crippen LogP contribution in [0.5, 0.6) is 0 Å². The Morgan fingerprint density at radius 1 is 0.769 bits per heavy atom. The average Bonchev–Trinajstić information content (AvgIpc) is 2.97. The number of carbonyl (C=O) groups excluding carboxylic acids is 4. The van der Waals surface area contributed by atoms with Crippen molar-refractivity contribution >= 4 is 23.9 Å². The summed E-state index contributed by atoms with van der Waals surface area (Å²) in [7, 11) is 0. The van der Waals surface area contributed by atoms with E-state index in [1.807, 2.05) is 0 Å². The first-order valence-corrected chi connectivity index (χ1v) is 11.5. The highest BCUT2D eigenvalue weighted by molar-refractivity contribution is 5.92. The Kier molecular flexibility index (Phi) is 14.9. The van der Waals surface area contributed by atoms with Crippen molar-refractivity contribution in [1.29, 1.82) is 10.5 Å². The van der Waals surface area contributed by atoms with Gasteiger partial charge in [-0.3, -0.25) is 4.79 Å². The summed E-state index contributed by atoms with van der Waals surface area (Å²) < 4.78 is 26.7. The van der Waals surface area contributed by atoms with Gasteiger partial charge in [-0.2, -0.15) is 10.5 Å². The first kappa shape index (κ1) is 34.3. The van der Waals surface area contributed by atoms with E-state index in [1.54, 1.807) is 26.0 Å². The molecule has 0 aromatic rings. The predicted octanol–water partition coefficient (Wildman–Crippen LogP) is 2.75. The van der Waals surface area contributed by atoms with Gasteiger partial charge in [-0.05, 0) is 12.8 Å². The van der Waals surface area contributed by atoms with Gasteiger partial charge in [0.15, 0.2) is 0 Å². The quantitative estimate of drug-likeness (QED) is 0.0823. The van der Waals surface area contributed by atoms with E-state index in [-0.39, 0.29) is 46.1 Å². The van der Waals surface area contributed by atoms with E-state index in [9.17, 15) is 19.2 Å². The summed E-state index contributed by atoms with van der Waals surface area (Å²) >= 11 is 0. The second-order valence-electron chi connectivity index (χ2n) is 8.48. The van der Waals surface area contributed by atoms with Crippen molar-refractivity contribution in [2.75, 3.05) is 39.6 Å². The number of carbonyl (C=O) groups is 4. The molecule has 0 aromatic heterocycles. The molecule has 0 rings (SSSR count). The Balaban J connectivity index is 5.87. The van der Waals surface area contributed by atoms with Gasteiger partial charge in [0.1, 0.15) is 49.7 Å². The largest absolute Gasteiger partial charge is 0.470 e. The minimum Gasteiger partial charge on any atom is -0.470 e. The predicted molar refractivity (Wildman–Crippen MR) is 136 cm³/mol. The Morgan fingerprint density at radius 2 is 1.15 bits per heavy atom. The first-order chi connectivity index (χ1) is 18.4. The van der Waals surface area contributed by atoms with Gasteiger partial charge >= 0.3 is 23.9 Å². The van der Waals surface area contributed by atoms with Gasteiger partial charge in [-0.1, -0.05) is 40.2 Å². The zero-order valence-electron chi connectivity index (χ0n) is 22.1. The molecular weight excluding hydrogens is 510 g/mol. The van der Waals surface area contributed by atoms with Gasteiger partial charge in [0, 0.05) is 6.08 Å². The molecular formula is C27H31N3O9. The molecule has 0 aliphatic heterocycles. The molecule has 12 nitrogen and oxygen atoms in total. The third-order valence-corrected chi connectivity index (χ3v) is 5.67. The molecule has 39 heavy (non-hydrogen) atoms.